The molecule has 0 saturated carbocycles. The molecule has 238 valence electrons. The van der Waals surface area contributed by atoms with Crippen LogP contribution in [0.3, 0.4) is 0 Å². The summed E-state index contributed by atoms with van der Waals surface area (Å²) in [5, 5.41) is 23.9. The maximum Gasteiger partial charge on any atom is 0.305 e. The van der Waals surface area contributed by atoms with Gasteiger partial charge in [0.2, 0.25) is 0 Å². The lowest BCUT2D eigenvalue weighted by Gasteiger charge is -2.47. The van der Waals surface area contributed by atoms with Crippen LogP contribution in [0.2, 0.25) is 0 Å². The van der Waals surface area contributed by atoms with Crippen molar-refractivity contribution in [3.05, 3.63) is 86.8 Å². The number of ether oxygens (including phenoxy) is 2. The number of aromatic amines is 1. The van der Waals surface area contributed by atoms with E-state index in [-0.39, 0.29) is 22.1 Å². The van der Waals surface area contributed by atoms with Gasteiger partial charge in [-0.1, -0.05) is 35.6 Å². The van der Waals surface area contributed by atoms with Gasteiger partial charge in [-0.15, -0.1) is 0 Å². The van der Waals surface area contributed by atoms with E-state index in [1.54, 1.807) is 12.1 Å². The number of nitrogens with one attached hydrogen (secondary N) is 2. The number of aliphatic hydroxyl groups excluding tert-OH is 1. The lowest BCUT2D eigenvalue weighted by Crippen LogP contribution is -2.58. The monoisotopic (exact) mass is 633 g/mol. The highest BCUT2D eigenvalue weighted by Gasteiger charge is 2.41. The fourth-order valence-electron chi connectivity index (χ4n) is 6.09. The number of amides is 1. The number of phenolic OH excluding ortho intramolecular Hbond substituents is 1. The van der Waals surface area contributed by atoms with Crippen LogP contribution in [0.5, 0.6) is 11.5 Å². The fourth-order valence-corrected chi connectivity index (χ4v) is 7.01. The lowest BCUT2D eigenvalue weighted by atomic mass is 9.89. The first-order valence-corrected chi connectivity index (χ1v) is 16.1. The van der Waals surface area contributed by atoms with E-state index < -0.39 is 6.10 Å². The second-order valence-corrected chi connectivity index (χ2v) is 12.8. The molecule has 12 heteroatoms. The minimum Gasteiger partial charge on any atom is -0.506 e. The summed E-state index contributed by atoms with van der Waals surface area (Å²) in [4.78, 5) is 35.9. The van der Waals surface area contributed by atoms with Crippen LogP contribution < -0.4 is 14.9 Å². The number of likely N-dealkylation sites (tertiary alicyclic amines) is 1. The van der Waals surface area contributed by atoms with Gasteiger partial charge in [-0.25, -0.2) is 4.98 Å². The first kappa shape index (κ1) is 31.2. The molecule has 0 radical (unpaired) electrons. The molecule has 1 spiro atoms. The molecule has 4 N–H and O–H groups in total. The largest absolute Gasteiger partial charge is 0.506 e. The Morgan fingerprint density at radius 1 is 1.16 bits per heavy atom. The summed E-state index contributed by atoms with van der Waals surface area (Å²) in [7, 11) is 0. The number of carbonyl (C=O) groups excluding carboxylic acids is 1. The van der Waals surface area contributed by atoms with Gasteiger partial charge in [-0.2, -0.15) is 0 Å². The van der Waals surface area contributed by atoms with E-state index in [0.29, 0.717) is 60.9 Å². The van der Waals surface area contributed by atoms with E-state index in [0.717, 1.165) is 60.8 Å². The Kier molecular flexibility index (Phi) is 9.47. The lowest BCUT2D eigenvalue weighted by molar-refractivity contribution is -0.127. The number of phenols is 1. The van der Waals surface area contributed by atoms with Gasteiger partial charge in [0.25, 0.3) is 5.91 Å². The number of aliphatic hydroxyl groups is 1. The molecule has 11 nitrogen and oxygen atoms in total. The molecule has 0 aliphatic carbocycles. The van der Waals surface area contributed by atoms with Gasteiger partial charge in [0.1, 0.15) is 29.3 Å². The Bertz CT molecular complexity index is 1680. The molecular formula is C33H39N5O6S. The number of pyridine rings is 1. The van der Waals surface area contributed by atoms with Crippen LogP contribution in [0.1, 0.15) is 46.3 Å². The van der Waals surface area contributed by atoms with E-state index in [1.165, 1.54) is 6.07 Å². The molecule has 2 aliphatic rings. The predicted molar refractivity (Wildman–Crippen MR) is 172 cm³/mol. The normalized spacial score (nSPS) is 17.5. The summed E-state index contributed by atoms with van der Waals surface area (Å²) in [6, 6.07) is 16.6. The Labute approximate surface area is 265 Å². The average molecular weight is 634 g/mol. The van der Waals surface area contributed by atoms with Crippen molar-refractivity contribution in [1.82, 2.24) is 25.1 Å². The van der Waals surface area contributed by atoms with Crippen LogP contribution in [0.15, 0.2) is 59.4 Å². The number of H-pyrrole nitrogens is 1. The quantitative estimate of drug-likeness (QED) is 0.207. The van der Waals surface area contributed by atoms with Crippen molar-refractivity contribution in [1.29, 1.82) is 0 Å². The molecule has 6 rings (SSSR count). The first-order valence-electron chi connectivity index (χ1n) is 15.3. The van der Waals surface area contributed by atoms with Gasteiger partial charge in [0.05, 0.1) is 29.6 Å². The average Bonchev–Trinajstić information content (AvgIpc) is 3.45. The molecule has 2 fully saturated rings. The van der Waals surface area contributed by atoms with E-state index in [1.807, 2.05) is 48.2 Å². The maximum atomic E-state index is 13.1. The van der Waals surface area contributed by atoms with Crippen LogP contribution in [-0.2, 0) is 11.3 Å². The molecule has 1 amide bonds. The van der Waals surface area contributed by atoms with Gasteiger partial charge in [0.15, 0.2) is 0 Å². The topological polar surface area (TPSA) is 140 Å². The zero-order chi connectivity index (χ0) is 31.4. The molecule has 2 aromatic heterocycles. The summed E-state index contributed by atoms with van der Waals surface area (Å²) in [6.07, 6.45) is 0.920. The van der Waals surface area contributed by atoms with Crippen LogP contribution in [0, 0.1) is 6.92 Å². The summed E-state index contributed by atoms with van der Waals surface area (Å²) in [5.74, 6) is 0.769. The van der Waals surface area contributed by atoms with Crippen molar-refractivity contribution in [2.75, 3.05) is 52.5 Å². The number of thiazole rings is 1. The van der Waals surface area contributed by atoms with Crippen LogP contribution in [-0.4, -0.2) is 94.0 Å². The highest BCUT2D eigenvalue weighted by Crippen LogP contribution is 2.32. The second-order valence-electron chi connectivity index (χ2n) is 11.8. The van der Waals surface area contributed by atoms with Crippen molar-refractivity contribution in [3.8, 4) is 11.5 Å². The fraction of sp³-hybridized carbons (Fsp3) is 0.424. The minimum absolute atomic E-state index is 0.00828. The molecule has 4 aromatic rings. The Hall–Kier alpha value is -3.81. The summed E-state index contributed by atoms with van der Waals surface area (Å²) < 4.78 is 12.8. The maximum absolute atomic E-state index is 13.1. The SMILES string of the molecule is Cc1cccc(C(=O)N2CCOC3(CCN(CCOc4ccc(CNC[C@H](O)c5ccc(O)c6[nH]c(=O)sc56)cc4)CC3)C2)n1. The number of fused-ring (bicyclic) bond motifs is 1. The Balaban J connectivity index is 0.912. The molecule has 4 heterocycles. The van der Waals surface area contributed by atoms with Crippen molar-refractivity contribution in [2.24, 2.45) is 0 Å². The van der Waals surface area contributed by atoms with Crippen LogP contribution in [0.4, 0.5) is 0 Å². The van der Waals surface area contributed by atoms with Crippen molar-refractivity contribution in [3.63, 3.8) is 0 Å². The molecule has 2 aromatic carbocycles. The molecular weight excluding hydrogens is 594 g/mol. The molecule has 1 atom stereocenters. The predicted octanol–water partition coefficient (Wildman–Crippen LogP) is 3.21. The molecule has 45 heavy (non-hydrogen) atoms. The minimum atomic E-state index is -0.825. The van der Waals surface area contributed by atoms with Gasteiger partial charge in [-0.3, -0.25) is 14.5 Å². The number of benzene rings is 2. The zero-order valence-electron chi connectivity index (χ0n) is 25.3. The third-order valence-corrected chi connectivity index (χ3v) is 9.56. The smallest absolute Gasteiger partial charge is 0.305 e. The summed E-state index contributed by atoms with van der Waals surface area (Å²) in [5.41, 5.74) is 3.05. The van der Waals surface area contributed by atoms with Gasteiger partial charge >= 0.3 is 4.87 Å². The molecule has 2 aliphatic heterocycles. The Morgan fingerprint density at radius 3 is 2.73 bits per heavy atom. The number of hydrogen-bond acceptors (Lipinski definition) is 10. The summed E-state index contributed by atoms with van der Waals surface area (Å²) in [6.45, 7) is 7.66. The Morgan fingerprint density at radius 2 is 1.96 bits per heavy atom. The number of morpholine rings is 1. The van der Waals surface area contributed by atoms with E-state index in [4.69, 9.17) is 9.47 Å². The summed E-state index contributed by atoms with van der Waals surface area (Å²) >= 11 is 0.977. The number of hydrogen-bond donors (Lipinski definition) is 4. The number of aromatic hydroxyl groups is 1. The van der Waals surface area contributed by atoms with Crippen LogP contribution >= 0.6 is 11.3 Å². The zero-order valence-corrected chi connectivity index (χ0v) is 26.1. The van der Waals surface area contributed by atoms with E-state index >= 15 is 0 Å². The number of piperidine rings is 1. The van der Waals surface area contributed by atoms with Crippen molar-refractivity contribution in [2.45, 2.75) is 38.0 Å². The van der Waals surface area contributed by atoms with Gasteiger partial charge in [0, 0.05) is 50.5 Å². The van der Waals surface area contributed by atoms with Crippen LogP contribution in [0.25, 0.3) is 10.2 Å². The number of rotatable bonds is 10. The second kappa shape index (κ2) is 13.7. The number of nitrogens with zero attached hydrogens (tertiary/aromatic N) is 3. The van der Waals surface area contributed by atoms with E-state index in [9.17, 15) is 19.8 Å². The van der Waals surface area contributed by atoms with E-state index in [2.05, 4.69) is 20.2 Å². The number of carbonyl (C=O) groups is 1. The highest BCUT2D eigenvalue weighted by molar-refractivity contribution is 7.16. The molecule has 0 bridgehead atoms. The molecule has 2 saturated heterocycles. The third-order valence-electron chi connectivity index (χ3n) is 8.62. The van der Waals surface area contributed by atoms with Gasteiger partial charge < -0.3 is 34.9 Å². The number of aryl methyl sites for hydroxylation is 1. The molecule has 0 unspecified atom stereocenters. The highest BCUT2D eigenvalue weighted by atomic mass is 32.1. The van der Waals surface area contributed by atoms with Gasteiger partial charge in [-0.05, 0) is 55.7 Å². The number of aromatic nitrogens is 2. The van der Waals surface area contributed by atoms with Crippen molar-refractivity contribution < 1.29 is 24.5 Å². The van der Waals surface area contributed by atoms with Crippen molar-refractivity contribution >= 4 is 27.5 Å². The third kappa shape index (κ3) is 7.37. The first-order chi connectivity index (χ1) is 21.8. The standard InChI is InChI=1S/C33H39N5O6S/c1-22-3-2-4-26(35-22)31(41)38-16-18-44-33(21-38)11-13-37(14-12-33)15-17-43-24-7-5-23(6-8-24)19-34-20-28(40)25-9-10-27(39)29-30(25)45-32(42)36-29/h2-10,28,34,39-40H,11-21H2,1H3,(H,36,42)/t28-/m0/s1.